The van der Waals surface area contributed by atoms with Crippen LogP contribution in [-0.4, -0.2) is 20.9 Å². The Labute approximate surface area is 237 Å². The Hall–Kier alpha value is -4.75. The molecule has 0 heterocycles. The van der Waals surface area contributed by atoms with Gasteiger partial charge in [-0.15, -0.1) is 0 Å². The van der Waals surface area contributed by atoms with Crippen LogP contribution >= 0.6 is 0 Å². The Kier molecular flexibility index (Phi) is 9.66. The predicted octanol–water partition coefficient (Wildman–Crippen LogP) is 6.15. The number of rotatable bonds is 12. The van der Waals surface area contributed by atoms with Crippen molar-refractivity contribution in [1.29, 1.82) is 0 Å². The Morgan fingerprint density at radius 1 is 0.829 bits per heavy atom. The van der Waals surface area contributed by atoms with Crippen molar-refractivity contribution in [2.45, 2.75) is 30.8 Å². The molecule has 0 unspecified atom stereocenters. The highest BCUT2D eigenvalue weighted by Gasteiger charge is 2.20. The monoisotopic (exact) mass is 576 g/mol. The number of hydrogen-bond acceptors (Lipinski definition) is 5. The summed E-state index contributed by atoms with van der Waals surface area (Å²) in [6, 6.07) is 24.1. The van der Waals surface area contributed by atoms with Gasteiger partial charge in [0.25, 0.3) is 10.0 Å². The van der Waals surface area contributed by atoms with Gasteiger partial charge in [0.1, 0.15) is 18.1 Å². The molecule has 4 aromatic rings. The zero-order valence-electron chi connectivity index (χ0n) is 21.8. The Morgan fingerprint density at radius 3 is 2.39 bits per heavy atom. The van der Waals surface area contributed by atoms with Crippen LogP contribution in [0.1, 0.15) is 23.1 Å². The van der Waals surface area contributed by atoms with E-state index >= 15 is 0 Å². The zero-order valence-corrected chi connectivity index (χ0v) is 22.7. The summed E-state index contributed by atoms with van der Waals surface area (Å²) >= 11 is 0. The van der Waals surface area contributed by atoms with Gasteiger partial charge in [-0.25, -0.2) is 26.8 Å². The summed E-state index contributed by atoms with van der Waals surface area (Å²) in [7, 11) is -4.38. The minimum absolute atomic E-state index is 0.161. The molecule has 7 nitrogen and oxygen atoms in total. The first-order valence-corrected chi connectivity index (χ1v) is 14.1. The molecular weight excluding hydrogens is 550 g/mol. The number of sulfonamides is 1. The number of carbonyl (C=O) groups is 1. The van der Waals surface area contributed by atoms with Gasteiger partial charge in [0.2, 0.25) is 5.91 Å². The number of aryl methyl sites for hydroxylation is 1. The molecule has 0 spiro atoms. The number of amides is 1. The lowest BCUT2D eigenvalue weighted by molar-refractivity contribution is -0.119. The molecule has 0 aromatic heterocycles. The molecule has 41 heavy (non-hydrogen) atoms. The van der Waals surface area contributed by atoms with E-state index in [4.69, 9.17) is 16.0 Å². The number of nitrogens with one attached hydrogen (secondary N) is 1. The van der Waals surface area contributed by atoms with E-state index in [9.17, 15) is 22.0 Å². The molecule has 4 aromatic carbocycles. The first-order chi connectivity index (χ1) is 19.7. The summed E-state index contributed by atoms with van der Waals surface area (Å²) < 4.78 is 65.4. The third kappa shape index (κ3) is 8.37. The molecule has 10 heteroatoms. The smallest absolute Gasteiger partial charge is 0.264 e. The van der Waals surface area contributed by atoms with Crippen LogP contribution in [-0.2, 0) is 34.3 Å². The van der Waals surface area contributed by atoms with Gasteiger partial charge in [-0.05, 0) is 59.5 Å². The van der Waals surface area contributed by atoms with Crippen molar-refractivity contribution in [3.8, 4) is 11.5 Å². The van der Waals surface area contributed by atoms with E-state index in [-0.39, 0.29) is 19.4 Å². The minimum atomic E-state index is -4.38. The standard InChI is InChI=1S/C31H26F2N2O5S/c1-34-25-8-5-9-26(19-25)40-21-23-10-11-24(30(18-23)39-17-16-22-6-3-2-4-7-22)12-15-31(36)35-41(37,38)27-13-14-28(32)29(33)20-27/h2-11,13-14,18-20H,12,15-17,21H2,(H,35,36). The minimum Gasteiger partial charge on any atom is -0.493 e. The molecule has 4 rings (SSSR count). The number of hydrogen-bond donors (Lipinski definition) is 1. The van der Waals surface area contributed by atoms with E-state index in [0.717, 1.165) is 17.2 Å². The molecule has 0 saturated heterocycles. The average Bonchev–Trinajstić information content (AvgIpc) is 2.97. The lowest BCUT2D eigenvalue weighted by Gasteiger charge is -2.15. The summed E-state index contributed by atoms with van der Waals surface area (Å²) in [4.78, 5) is 15.4. The van der Waals surface area contributed by atoms with E-state index in [1.54, 1.807) is 36.4 Å². The molecular formula is C31H26F2N2O5S. The Morgan fingerprint density at radius 2 is 1.63 bits per heavy atom. The largest absolute Gasteiger partial charge is 0.493 e. The van der Waals surface area contributed by atoms with Gasteiger partial charge < -0.3 is 9.47 Å². The Bertz CT molecular complexity index is 1670. The first kappa shape index (κ1) is 29.2. The summed E-state index contributed by atoms with van der Waals surface area (Å²) in [6.07, 6.45) is 0.614. The third-order valence-electron chi connectivity index (χ3n) is 6.05. The van der Waals surface area contributed by atoms with E-state index < -0.39 is 32.5 Å². The first-order valence-electron chi connectivity index (χ1n) is 12.6. The van der Waals surface area contributed by atoms with Crippen LogP contribution in [0.5, 0.6) is 11.5 Å². The van der Waals surface area contributed by atoms with Crippen LogP contribution in [0.15, 0.2) is 95.9 Å². The van der Waals surface area contributed by atoms with E-state index in [0.29, 0.717) is 47.9 Å². The van der Waals surface area contributed by atoms with E-state index in [1.807, 2.05) is 41.1 Å². The second kappa shape index (κ2) is 13.5. The topological polar surface area (TPSA) is 86.1 Å². The van der Waals surface area contributed by atoms with Gasteiger partial charge in [-0.3, -0.25) is 4.79 Å². The quantitative estimate of drug-likeness (QED) is 0.204. The van der Waals surface area contributed by atoms with Crippen molar-refractivity contribution in [3.63, 3.8) is 0 Å². The van der Waals surface area contributed by atoms with Crippen LogP contribution in [0.4, 0.5) is 14.5 Å². The maximum absolute atomic E-state index is 13.5. The highest BCUT2D eigenvalue weighted by molar-refractivity contribution is 7.90. The summed E-state index contributed by atoms with van der Waals surface area (Å²) in [6.45, 7) is 7.73. The van der Waals surface area contributed by atoms with Crippen LogP contribution < -0.4 is 14.2 Å². The van der Waals surface area contributed by atoms with Crippen molar-refractivity contribution in [2.75, 3.05) is 6.61 Å². The normalized spacial score (nSPS) is 11.0. The predicted molar refractivity (Wildman–Crippen MR) is 149 cm³/mol. The van der Waals surface area contributed by atoms with Gasteiger partial charge in [0.15, 0.2) is 17.3 Å². The molecule has 0 radical (unpaired) electrons. The van der Waals surface area contributed by atoms with Crippen molar-refractivity contribution >= 4 is 21.6 Å². The third-order valence-corrected chi connectivity index (χ3v) is 7.42. The Balaban J connectivity index is 1.44. The molecule has 0 atom stereocenters. The molecule has 1 N–H and O–H groups in total. The summed E-state index contributed by atoms with van der Waals surface area (Å²) in [5.41, 5.74) is 3.03. The van der Waals surface area contributed by atoms with Gasteiger partial charge in [-0.1, -0.05) is 54.6 Å². The van der Waals surface area contributed by atoms with Crippen LogP contribution in [0.2, 0.25) is 0 Å². The number of nitrogens with zero attached hydrogens (tertiary/aromatic N) is 1. The molecule has 0 aliphatic rings. The van der Waals surface area contributed by atoms with Crippen LogP contribution in [0.25, 0.3) is 4.85 Å². The van der Waals surface area contributed by atoms with Crippen molar-refractivity contribution in [1.82, 2.24) is 4.72 Å². The maximum atomic E-state index is 13.5. The van der Waals surface area contributed by atoms with Gasteiger partial charge in [0.05, 0.1) is 18.1 Å². The number of benzene rings is 4. The van der Waals surface area contributed by atoms with Crippen LogP contribution in [0, 0.1) is 18.2 Å². The van der Waals surface area contributed by atoms with Crippen molar-refractivity contribution in [2.24, 2.45) is 0 Å². The molecule has 210 valence electrons. The van der Waals surface area contributed by atoms with E-state index in [2.05, 4.69) is 4.85 Å². The van der Waals surface area contributed by atoms with Crippen molar-refractivity contribution < 1.29 is 31.5 Å². The second-order valence-corrected chi connectivity index (χ2v) is 10.7. The van der Waals surface area contributed by atoms with Gasteiger partial charge in [0, 0.05) is 12.8 Å². The molecule has 0 fully saturated rings. The zero-order chi connectivity index (χ0) is 29.2. The SMILES string of the molecule is [C-]#[N+]c1cccc(OCc2ccc(CCC(=O)NS(=O)(=O)c3ccc(F)c(F)c3)c(OCCc3ccccc3)c2)c1. The fourth-order valence-electron chi connectivity index (χ4n) is 3.91. The van der Waals surface area contributed by atoms with Crippen molar-refractivity contribution in [3.05, 3.63) is 131 Å². The summed E-state index contributed by atoms with van der Waals surface area (Å²) in [5, 5.41) is 0. The highest BCUT2D eigenvalue weighted by atomic mass is 32.2. The molecule has 0 bridgehead atoms. The molecule has 0 aliphatic carbocycles. The lowest BCUT2D eigenvalue weighted by atomic mass is 10.1. The van der Waals surface area contributed by atoms with Crippen LogP contribution in [0.3, 0.4) is 0 Å². The number of halogens is 2. The summed E-state index contributed by atoms with van der Waals surface area (Å²) in [5.74, 6) is -2.26. The fraction of sp³-hybridized carbons (Fsp3) is 0.161. The number of carbonyl (C=O) groups excluding carboxylic acids is 1. The highest BCUT2D eigenvalue weighted by Crippen LogP contribution is 2.25. The lowest BCUT2D eigenvalue weighted by Crippen LogP contribution is -2.30. The maximum Gasteiger partial charge on any atom is 0.264 e. The number of ether oxygens (including phenoxy) is 2. The molecule has 1 amide bonds. The molecule has 0 saturated carbocycles. The fourth-order valence-corrected chi connectivity index (χ4v) is 4.94. The van der Waals surface area contributed by atoms with E-state index in [1.165, 1.54) is 0 Å². The average molecular weight is 577 g/mol. The molecule has 0 aliphatic heterocycles. The second-order valence-electron chi connectivity index (χ2n) is 9.03. The van der Waals surface area contributed by atoms with Gasteiger partial charge >= 0.3 is 0 Å². The van der Waals surface area contributed by atoms with Gasteiger partial charge in [-0.2, -0.15) is 0 Å².